The molecule has 0 unspecified atom stereocenters. The summed E-state index contributed by atoms with van der Waals surface area (Å²) in [6, 6.07) is 15.7. The highest BCUT2D eigenvalue weighted by atomic mass is 16.5. The van der Waals surface area contributed by atoms with Crippen molar-refractivity contribution in [2.24, 2.45) is 0 Å². The van der Waals surface area contributed by atoms with Gasteiger partial charge in [-0.15, -0.1) is 0 Å². The maximum absolute atomic E-state index is 10.2. The molecule has 0 amide bonds. The van der Waals surface area contributed by atoms with Crippen LogP contribution in [0, 0.1) is 11.3 Å². The lowest BCUT2D eigenvalue weighted by Gasteiger charge is -2.29. The smallest absolute Gasteiger partial charge is 0.203 e. The van der Waals surface area contributed by atoms with Crippen LogP contribution in [0.2, 0.25) is 0 Å². The lowest BCUT2D eigenvalue weighted by Crippen LogP contribution is -2.37. The average molecular weight is 462 g/mol. The van der Waals surface area contributed by atoms with E-state index in [1.807, 2.05) is 42.5 Å². The zero-order chi connectivity index (χ0) is 24.1. The van der Waals surface area contributed by atoms with Crippen LogP contribution in [0.4, 0.5) is 5.82 Å². The van der Waals surface area contributed by atoms with Gasteiger partial charge >= 0.3 is 0 Å². The highest BCUT2D eigenvalue weighted by Gasteiger charge is 2.23. The second kappa shape index (κ2) is 10.3. The number of hydrogen-bond donors (Lipinski definition) is 0. The van der Waals surface area contributed by atoms with E-state index in [1.54, 1.807) is 28.4 Å². The Balaban J connectivity index is 1.95. The van der Waals surface area contributed by atoms with Crippen molar-refractivity contribution in [3.8, 4) is 51.5 Å². The van der Waals surface area contributed by atoms with Gasteiger partial charge in [0.1, 0.15) is 23.2 Å². The maximum atomic E-state index is 10.2. The molecule has 0 radical (unpaired) electrons. The minimum atomic E-state index is 0.506. The van der Waals surface area contributed by atoms with Gasteiger partial charge < -0.3 is 28.6 Å². The first-order valence-corrected chi connectivity index (χ1v) is 10.9. The van der Waals surface area contributed by atoms with Crippen molar-refractivity contribution in [2.75, 3.05) is 59.6 Å². The Labute approximate surface area is 199 Å². The van der Waals surface area contributed by atoms with Crippen LogP contribution >= 0.6 is 0 Å². The van der Waals surface area contributed by atoms with Crippen molar-refractivity contribution >= 4 is 5.82 Å². The van der Waals surface area contributed by atoms with Crippen LogP contribution in [0.25, 0.3) is 22.4 Å². The molecule has 2 aromatic carbocycles. The predicted molar refractivity (Wildman–Crippen MR) is 129 cm³/mol. The molecular formula is C26H27N3O5. The van der Waals surface area contributed by atoms with Crippen molar-refractivity contribution in [1.82, 2.24) is 4.98 Å². The highest BCUT2D eigenvalue weighted by molar-refractivity contribution is 5.82. The summed E-state index contributed by atoms with van der Waals surface area (Å²) in [5.74, 6) is 2.94. The molecule has 1 aliphatic heterocycles. The van der Waals surface area contributed by atoms with E-state index in [1.165, 1.54) is 0 Å². The number of methoxy groups -OCH3 is 4. The molecule has 1 fully saturated rings. The molecule has 8 heteroatoms. The second-order valence-corrected chi connectivity index (χ2v) is 7.61. The third-order valence-electron chi connectivity index (χ3n) is 5.78. The molecule has 3 aromatic rings. The van der Waals surface area contributed by atoms with Gasteiger partial charge in [0.2, 0.25) is 5.75 Å². The largest absolute Gasteiger partial charge is 0.497 e. The Morgan fingerprint density at radius 2 is 1.50 bits per heavy atom. The number of anilines is 1. The molecule has 34 heavy (non-hydrogen) atoms. The summed E-state index contributed by atoms with van der Waals surface area (Å²) in [5.41, 5.74) is 3.66. The average Bonchev–Trinajstić information content (AvgIpc) is 2.91. The van der Waals surface area contributed by atoms with Gasteiger partial charge in [0, 0.05) is 24.2 Å². The summed E-state index contributed by atoms with van der Waals surface area (Å²) in [7, 11) is 6.35. The van der Waals surface area contributed by atoms with Gasteiger partial charge in [0.05, 0.1) is 47.3 Å². The quantitative estimate of drug-likeness (QED) is 0.519. The Hall–Kier alpha value is -3.96. The Kier molecular flexibility index (Phi) is 7.04. The van der Waals surface area contributed by atoms with Crippen molar-refractivity contribution < 1.29 is 23.7 Å². The van der Waals surface area contributed by atoms with Crippen molar-refractivity contribution in [2.45, 2.75) is 0 Å². The number of hydrogen-bond acceptors (Lipinski definition) is 8. The first-order valence-electron chi connectivity index (χ1n) is 10.9. The Morgan fingerprint density at radius 3 is 2.03 bits per heavy atom. The van der Waals surface area contributed by atoms with Gasteiger partial charge in [-0.25, -0.2) is 4.98 Å². The van der Waals surface area contributed by atoms with Crippen LogP contribution in [-0.2, 0) is 4.74 Å². The van der Waals surface area contributed by atoms with E-state index in [0.29, 0.717) is 60.6 Å². The lowest BCUT2D eigenvalue weighted by molar-refractivity contribution is 0.122. The Bertz CT molecular complexity index is 1170. The fraction of sp³-hybridized carbons (Fsp3) is 0.308. The van der Waals surface area contributed by atoms with E-state index in [9.17, 15) is 5.26 Å². The zero-order valence-corrected chi connectivity index (χ0v) is 19.8. The number of ether oxygens (including phenoxy) is 5. The van der Waals surface area contributed by atoms with Gasteiger partial charge in [0.15, 0.2) is 11.5 Å². The summed E-state index contributed by atoms with van der Waals surface area (Å²) in [6.45, 7) is 2.47. The second-order valence-electron chi connectivity index (χ2n) is 7.61. The van der Waals surface area contributed by atoms with E-state index < -0.39 is 0 Å². The van der Waals surface area contributed by atoms with Crippen molar-refractivity contribution in [3.63, 3.8) is 0 Å². The third kappa shape index (κ3) is 4.43. The van der Waals surface area contributed by atoms with Gasteiger partial charge in [0.25, 0.3) is 0 Å². The first-order chi connectivity index (χ1) is 16.6. The topological polar surface area (TPSA) is 86.1 Å². The summed E-state index contributed by atoms with van der Waals surface area (Å²) >= 11 is 0. The number of pyridine rings is 1. The van der Waals surface area contributed by atoms with E-state index >= 15 is 0 Å². The molecule has 0 aliphatic carbocycles. The molecule has 1 saturated heterocycles. The molecule has 0 atom stereocenters. The molecule has 1 aromatic heterocycles. The Morgan fingerprint density at radius 1 is 0.853 bits per heavy atom. The molecule has 0 spiro atoms. The van der Waals surface area contributed by atoms with E-state index in [0.717, 1.165) is 22.4 Å². The molecule has 4 rings (SSSR count). The molecule has 2 heterocycles. The standard InChI is InChI=1S/C26H27N3O5/c1-30-19-7-5-17(6-8-19)20-15-22(18-13-23(31-2)25(33-4)24(14-18)32-3)28-26(21(20)16-27)29-9-11-34-12-10-29/h5-8,13-15H,9-12H2,1-4H3. The van der Waals surface area contributed by atoms with E-state index in [4.69, 9.17) is 28.7 Å². The van der Waals surface area contributed by atoms with Crippen molar-refractivity contribution in [1.29, 1.82) is 5.26 Å². The predicted octanol–water partition coefficient (Wildman–Crippen LogP) is 4.16. The van der Waals surface area contributed by atoms with Crippen LogP contribution in [0.5, 0.6) is 23.0 Å². The monoisotopic (exact) mass is 461 g/mol. The van der Waals surface area contributed by atoms with Crippen LogP contribution in [0.1, 0.15) is 5.56 Å². The van der Waals surface area contributed by atoms with E-state index in [-0.39, 0.29) is 0 Å². The molecule has 1 aliphatic rings. The van der Waals surface area contributed by atoms with Gasteiger partial charge in [-0.3, -0.25) is 0 Å². The summed E-state index contributed by atoms with van der Waals surface area (Å²) in [6.07, 6.45) is 0. The van der Waals surface area contributed by atoms with Crippen LogP contribution in [0.15, 0.2) is 42.5 Å². The lowest BCUT2D eigenvalue weighted by atomic mass is 9.97. The molecule has 0 bridgehead atoms. The molecule has 0 saturated carbocycles. The molecular weight excluding hydrogens is 434 g/mol. The van der Waals surface area contributed by atoms with Gasteiger partial charge in [-0.05, 0) is 35.9 Å². The highest BCUT2D eigenvalue weighted by Crippen LogP contribution is 2.42. The minimum Gasteiger partial charge on any atom is -0.497 e. The fourth-order valence-electron chi connectivity index (χ4n) is 4.02. The number of aromatic nitrogens is 1. The summed E-state index contributed by atoms with van der Waals surface area (Å²) in [4.78, 5) is 7.03. The number of nitrogens with zero attached hydrogens (tertiary/aromatic N) is 3. The van der Waals surface area contributed by atoms with Crippen molar-refractivity contribution in [3.05, 3.63) is 48.0 Å². The van der Waals surface area contributed by atoms with Gasteiger partial charge in [-0.2, -0.15) is 5.26 Å². The molecule has 8 nitrogen and oxygen atoms in total. The SMILES string of the molecule is COc1ccc(-c2cc(-c3cc(OC)c(OC)c(OC)c3)nc(N3CCOCC3)c2C#N)cc1. The van der Waals surface area contributed by atoms with Crippen LogP contribution in [-0.4, -0.2) is 59.7 Å². The van der Waals surface area contributed by atoms with Crippen LogP contribution < -0.4 is 23.8 Å². The number of rotatable bonds is 7. The first kappa shape index (κ1) is 23.2. The fourth-order valence-corrected chi connectivity index (χ4v) is 4.02. The number of benzene rings is 2. The minimum absolute atomic E-state index is 0.506. The number of nitriles is 1. The summed E-state index contributed by atoms with van der Waals surface area (Å²) in [5, 5.41) is 10.2. The zero-order valence-electron chi connectivity index (χ0n) is 19.8. The van der Waals surface area contributed by atoms with Crippen LogP contribution in [0.3, 0.4) is 0 Å². The third-order valence-corrected chi connectivity index (χ3v) is 5.78. The maximum Gasteiger partial charge on any atom is 0.203 e. The molecule has 0 N–H and O–H groups in total. The molecule has 176 valence electrons. The normalized spacial score (nSPS) is 13.2. The van der Waals surface area contributed by atoms with Gasteiger partial charge in [-0.1, -0.05) is 12.1 Å². The number of morpholine rings is 1. The summed E-state index contributed by atoms with van der Waals surface area (Å²) < 4.78 is 27.4. The van der Waals surface area contributed by atoms with E-state index in [2.05, 4.69) is 11.0 Å².